The number of hydrogen-bond acceptors (Lipinski definition) is 5. The molecule has 0 saturated carbocycles. The molecule has 0 spiro atoms. The lowest BCUT2D eigenvalue weighted by atomic mass is 10.2. The summed E-state index contributed by atoms with van der Waals surface area (Å²) in [7, 11) is 3.34. The average Bonchev–Trinajstić information content (AvgIpc) is 2.38. The lowest BCUT2D eigenvalue weighted by Gasteiger charge is -2.26. The Labute approximate surface area is 113 Å². The molecule has 0 bridgehead atoms. The molecule has 6 heteroatoms. The summed E-state index contributed by atoms with van der Waals surface area (Å²) in [5.74, 6) is 0.507. The van der Waals surface area contributed by atoms with Crippen molar-refractivity contribution in [2.45, 2.75) is 26.3 Å². The second-order valence-corrected chi connectivity index (χ2v) is 4.67. The van der Waals surface area contributed by atoms with E-state index in [9.17, 15) is 4.79 Å². The van der Waals surface area contributed by atoms with Crippen LogP contribution in [0.15, 0.2) is 12.1 Å². The van der Waals surface area contributed by atoms with Crippen molar-refractivity contribution in [1.82, 2.24) is 15.1 Å². The summed E-state index contributed by atoms with van der Waals surface area (Å²) >= 11 is 0. The number of nitriles is 1. The molecule has 1 rings (SSSR count). The van der Waals surface area contributed by atoms with Gasteiger partial charge < -0.3 is 9.80 Å². The summed E-state index contributed by atoms with van der Waals surface area (Å²) in [6.45, 7) is 4.65. The molecule has 0 aromatic carbocycles. The Balaban J connectivity index is 2.89. The number of carbonyl (C=O) groups is 1. The molecular weight excluding hydrogens is 242 g/mol. The van der Waals surface area contributed by atoms with Crippen LogP contribution in [0.3, 0.4) is 0 Å². The van der Waals surface area contributed by atoms with Gasteiger partial charge in [-0.3, -0.25) is 4.79 Å². The van der Waals surface area contributed by atoms with Crippen molar-refractivity contribution in [2.24, 2.45) is 0 Å². The first-order valence-corrected chi connectivity index (χ1v) is 6.16. The fourth-order valence-corrected chi connectivity index (χ4v) is 1.63. The van der Waals surface area contributed by atoms with Gasteiger partial charge in [0.25, 0.3) is 5.91 Å². The summed E-state index contributed by atoms with van der Waals surface area (Å²) in [6, 6.07) is 5.76. The van der Waals surface area contributed by atoms with Crippen molar-refractivity contribution < 1.29 is 4.79 Å². The van der Waals surface area contributed by atoms with Crippen molar-refractivity contribution in [1.29, 1.82) is 5.26 Å². The van der Waals surface area contributed by atoms with Gasteiger partial charge in [-0.25, -0.2) is 0 Å². The highest BCUT2D eigenvalue weighted by molar-refractivity contribution is 5.91. The van der Waals surface area contributed by atoms with Gasteiger partial charge in [0.15, 0.2) is 11.5 Å². The third kappa shape index (κ3) is 3.91. The lowest BCUT2D eigenvalue weighted by Crippen LogP contribution is -2.33. The number of anilines is 1. The Bertz CT molecular complexity index is 461. The van der Waals surface area contributed by atoms with E-state index < -0.39 is 0 Å². The highest BCUT2D eigenvalue weighted by Crippen LogP contribution is 2.14. The minimum atomic E-state index is -0.174. The first-order valence-electron chi connectivity index (χ1n) is 6.16. The van der Waals surface area contributed by atoms with Crippen molar-refractivity contribution in [3.05, 3.63) is 17.8 Å². The van der Waals surface area contributed by atoms with Crippen molar-refractivity contribution in [3.8, 4) is 6.07 Å². The van der Waals surface area contributed by atoms with Gasteiger partial charge in [-0.2, -0.15) is 5.26 Å². The van der Waals surface area contributed by atoms with Crippen molar-refractivity contribution in [3.63, 3.8) is 0 Å². The summed E-state index contributed by atoms with van der Waals surface area (Å²) in [5, 5.41) is 16.7. The minimum Gasteiger partial charge on any atom is -0.352 e. The lowest BCUT2D eigenvalue weighted by molar-refractivity contribution is 0.0821. The third-order valence-electron chi connectivity index (χ3n) is 2.66. The quantitative estimate of drug-likeness (QED) is 0.799. The van der Waals surface area contributed by atoms with Crippen LogP contribution in [0.1, 0.15) is 30.8 Å². The Hall–Kier alpha value is -2.16. The molecule has 0 aliphatic heterocycles. The van der Waals surface area contributed by atoms with Crippen molar-refractivity contribution in [2.75, 3.05) is 25.5 Å². The highest BCUT2D eigenvalue weighted by Gasteiger charge is 2.14. The van der Waals surface area contributed by atoms with Crippen LogP contribution in [0.5, 0.6) is 0 Å². The standard InChI is InChI=1S/C13H19N5O/c1-10(2)18(9-5-8-14)12-7-6-11(15-16-12)13(19)17(3)4/h6-7,10H,5,9H2,1-4H3. The van der Waals surface area contributed by atoms with Gasteiger partial charge in [-0.05, 0) is 26.0 Å². The molecule has 102 valence electrons. The fraction of sp³-hybridized carbons (Fsp3) is 0.538. The van der Waals surface area contributed by atoms with Crippen LogP contribution < -0.4 is 4.90 Å². The smallest absolute Gasteiger partial charge is 0.273 e. The van der Waals surface area contributed by atoms with E-state index in [4.69, 9.17) is 5.26 Å². The number of aromatic nitrogens is 2. The fourth-order valence-electron chi connectivity index (χ4n) is 1.63. The zero-order valence-corrected chi connectivity index (χ0v) is 11.8. The van der Waals surface area contributed by atoms with Crippen LogP contribution in [0.25, 0.3) is 0 Å². The topological polar surface area (TPSA) is 73.1 Å². The summed E-state index contributed by atoms with van der Waals surface area (Å²) < 4.78 is 0. The van der Waals surface area contributed by atoms with Crippen LogP contribution in [-0.2, 0) is 0 Å². The number of hydrogen-bond donors (Lipinski definition) is 0. The van der Waals surface area contributed by atoms with Crippen LogP contribution >= 0.6 is 0 Å². The third-order valence-corrected chi connectivity index (χ3v) is 2.66. The Kier molecular flexibility index (Phi) is 5.24. The van der Waals surface area contributed by atoms with Gasteiger partial charge in [-0.15, -0.1) is 10.2 Å². The van der Waals surface area contributed by atoms with Gasteiger partial charge >= 0.3 is 0 Å². The van der Waals surface area contributed by atoms with Crippen LogP contribution in [0, 0.1) is 11.3 Å². The molecule has 0 saturated heterocycles. The van der Waals surface area contributed by atoms with Gasteiger partial charge in [0, 0.05) is 26.7 Å². The molecule has 1 aromatic rings. The molecular formula is C13H19N5O. The Morgan fingerprint density at radius 1 is 1.37 bits per heavy atom. The molecule has 1 aromatic heterocycles. The van der Waals surface area contributed by atoms with E-state index in [0.29, 0.717) is 24.5 Å². The molecule has 6 nitrogen and oxygen atoms in total. The summed E-state index contributed by atoms with van der Waals surface area (Å²) in [6.07, 6.45) is 0.429. The maximum absolute atomic E-state index is 11.7. The molecule has 1 heterocycles. The van der Waals surface area contributed by atoms with E-state index in [1.807, 2.05) is 18.7 Å². The predicted molar refractivity (Wildman–Crippen MR) is 72.8 cm³/mol. The van der Waals surface area contributed by atoms with E-state index in [2.05, 4.69) is 16.3 Å². The summed E-state index contributed by atoms with van der Waals surface area (Å²) in [5.41, 5.74) is 0.317. The number of rotatable bonds is 5. The first-order chi connectivity index (χ1) is 8.97. The Morgan fingerprint density at radius 2 is 2.05 bits per heavy atom. The van der Waals surface area contributed by atoms with Gasteiger partial charge in [-0.1, -0.05) is 0 Å². The molecule has 0 radical (unpaired) electrons. The van der Waals surface area contributed by atoms with Gasteiger partial charge in [0.1, 0.15) is 0 Å². The van der Waals surface area contributed by atoms with Gasteiger partial charge in [0.2, 0.25) is 0 Å². The second kappa shape index (κ2) is 6.69. The molecule has 0 fully saturated rings. The molecule has 0 N–H and O–H groups in total. The largest absolute Gasteiger partial charge is 0.352 e. The first kappa shape index (κ1) is 14.9. The molecule has 0 atom stereocenters. The SMILES string of the molecule is CC(C)N(CCC#N)c1ccc(C(=O)N(C)C)nn1. The number of carbonyl (C=O) groups excluding carboxylic acids is 1. The van der Waals surface area contributed by atoms with E-state index in [0.717, 1.165) is 0 Å². The molecule has 19 heavy (non-hydrogen) atoms. The predicted octanol–water partition coefficient (Wildman–Crippen LogP) is 1.31. The van der Waals surface area contributed by atoms with E-state index in [1.54, 1.807) is 26.2 Å². The van der Waals surface area contributed by atoms with Gasteiger partial charge in [0.05, 0.1) is 12.5 Å². The monoisotopic (exact) mass is 261 g/mol. The number of nitrogens with zero attached hydrogens (tertiary/aromatic N) is 5. The second-order valence-electron chi connectivity index (χ2n) is 4.67. The zero-order valence-electron chi connectivity index (χ0n) is 11.8. The average molecular weight is 261 g/mol. The zero-order chi connectivity index (χ0) is 14.4. The number of amides is 1. The highest BCUT2D eigenvalue weighted by atomic mass is 16.2. The van der Waals surface area contributed by atoms with E-state index in [1.165, 1.54) is 4.90 Å². The molecule has 0 unspecified atom stereocenters. The van der Waals surface area contributed by atoms with E-state index in [-0.39, 0.29) is 11.9 Å². The van der Waals surface area contributed by atoms with Crippen LogP contribution in [0.2, 0.25) is 0 Å². The van der Waals surface area contributed by atoms with Crippen LogP contribution in [-0.4, -0.2) is 47.7 Å². The molecule has 1 amide bonds. The summed E-state index contributed by atoms with van der Waals surface area (Å²) in [4.78, 5) is 15.1. The van der Waals surface area contributed by atoms with E-state index >= 15 is 0 Å². The van der Waals surface area contributed by atoms with Crippen molar-refractivity contribution >= 4 is 11.7 Å². The molecule has 0 aliphatic rings. The Morgan fingerprint density at radius 3 is 2.47 bits per heavy atom. The van der Waals surface area contributed by atoms with Crippen LogP contribution in [0.4, 0.5) is 5.82 Å². The normalized spacial score (nSPS) is 10.1. The maximum Gasteiger partial charge on any atom is 0.273 e. The minimum absolute atomic E-state index is 0.174. The molecule has 0 aliphatic carbocycles. The maximum atomic E-state index is 11.7.